The summed E-state index contributed by atoms with van der Waals surface area (Å²) < 4.78 is 5.63. The third-order valence-electron chi connectivity index (χ3n) is 4.34. The Balaban J connectivity index is 1.74. The summed E-state index contributed by atoms with van der Waals surface area (Å²) in [5, 5.41) is 6.64. The molecule has 2 aliphatic rings. The minimum Gasteiger partial charge on any atom is -0.461 e. The summed E-state index contributed by atoms with van der Waals surface area (Å²) in [6.07, 6.45) is 5.38. The SMILES string of the molecule is CCNc1nc(NC2CC3CCC2C3)nc(OC(C)C)n1. The molecular weight excluding hydrogens is 266 g/mol. The number of rotatable bonds is 6. The Morgan fingerprint density at radius 1 is 1.14 bits per heavy atom. The molecule has 2 fully saturated rings. The summed E-state index contributed by atoms with van der Waals surface area (Å²) in [5.41, 5.74) is 0. The first kappa shape index (κ1) is 14.4. The lowest BCUT2D eigenvalue weighted by atomic mass is 9.95. The molecule has 0 saturated heterocycles. The maximum Gasteiger partial charge on any atom is 0.323 e. The number of aromatic nitrogens is 3. The van der Waals surface area contributed by atoms with E-state index in [1.807, 2.05) is 20.8 Å². The van der Waals surface area contributed by atoms with Gasteiger partial charge in [-0.15, -0.1) is 0 Å². The van der Waals surface area contributed by atoms with Gasteiger partial charge in [-0.25, -0.2) is 0 Å². The van der Waals surface area contributed by atoms with Crippen molar-refractivity contribution in [3.63, 3.8) is 0 Å². The van der Waals surface area contributed by atoms with E-state index in [-0.39, 0.29) is 6.10 Å². The van der Waals surface area contributed by atoms with Gasteiger partial charge in [0.25, 0.3) is 0 Å². The van der Waals surface area contributed by atoms with Crippen molar-refractivity contribution >= 4 is 11.9 Å². The van der Waals surface area contributed by atoms with Crippen molar-refractivity contribution in [2.75, 3.05) is 17.2 Å². The Hall–Kier alpha value is -1.59. The Kier molecular flexibility index (Phi) is 4.12. The van der Waals surface area contributed by atoms with Crippen LogP contribution in [0.4, 0.5) is 11.9 Å². The molecule has 0 aliphatic heterocycles. The van der Waals surface area contributed by atoms with Crippen molar-refractivity contribution < 1.29 is 4.74 Å². The monoisotopic (exact) mass is 291 g/mol. The molecule has 0 amide bonds. The van der Waals surface area contributed by atoms with E-state index in [0.717, 1.165) is 18.4 Å². The Morgan fingerprint density at radius 3 is 2.57 bits per heavy atom. The summed E-state index contributed by atoms with van der Waals surface area (Å²) in [4.78, 5) is 13.2. The molecule has 21 heavy (non-hydrogen) atoms. The third kappa shape index (κ3) is 3.36. The molecule has 2 N–H and O–H groups in total. The van der Waals surface area contributed by atoms with Crippen molar-refractivity contribution in [1.82, 2.24) is 15.0 Å². The largest absolute Gasteiger partial charge is 0.461 e. The molecule has 6 nitrogen and oxygen atoms in total. The molecule has 116 valence electrons. The van der Waals surface area contributed by atoms with Gasteiger partial charge in [0.15, 0.2) is 0 Å². The number of hydrogen-bond acceptors (Lipinski definition) is 6. The topological polar surface area (TPSA) is 72.0 Å². The molecule has 1 aromatic rings. The van der Waals surface area contributed by atoms with E-state index in [4.69, 9.17) is 4.74 Å². The second kappa shape index (κ2) is 6.03. The van der Waals surface area contributed by atoms with Crippen LogP contribution in [-0.2, 0) is 0 Å². The number of ether oxygens (including phenoxy) is 1. The van der Waals surface area contributed by atoms with Crippen molar-refractivity contribution in [3.05, 3.63) is 0 Å². The zero-order chi connectivity index (χ0) is 14.8. The lowest BCUT2D eigenvalue weighted by Crippen LogP contribution is -2.27. The number of fused-ring (bicyclic) bond motifs is 2. The smallest absolute Gasteiger partial charge is 0.323 e. The fourth-order valence-electron chi connectivity index (χ4n) is 3.51. The van der Waals surface area contributed by atoms with E-state index in [2.05, 4.69) is 25.6 Å². The van der Waals surface area contributed by atoms with Crippen LogP contribution in [0, 0.1) is 11.8 Å². The molecule has 1 aromatic heterocycles. The van der Waals surface area contributed by atoms with Crippen LogP contribution in [0.25, 0.3) is 0 Å². The summed E-state index contributed by atoms with van der Waals surface area (Å²) in [5.74, 6) is 2.89. The molecule has 3 atom stereocenters. The molecule has 2 aliphatic carbocycles. The van der Waals surface area contributed by atoms with Crippen LogP contribution < -0.4 is 15.4 Å². The highest BCUT2D eigenvalue weighted by atomic mass is 16.5. The number of hydrogen-bond donors (Lipinski definition) is 2. The molecule has 1 heterocycles. The van der Waals surface area contributed by atoms with Crippen molar-refractivity contribution in [1.29, 1.82) is 0 Å². The van der Waals surface area contributed by atoms with Crippen molar-refractivity contribution in [3.8, 4) is 6.01 Å². The van der Waals surface area contributed by atoms with E-state index >= 15 is 0 Å². The molecule has 6 heteroatoms. The van der Waals surface area contributed by atoms with Gasteiger partial charge in [-0.3, -0.25) is 0 Å². The highest BCUT2D eigenvalue weighted by Gasteiger charge is 2.39. The molecule has 0 aromatic carbocycles. The van der Waals surface area contributed by atoms with Crippen LogP contribution in [0.1, 0.15) is 46.5 Å². The van der Waals surface area contributed by atoms with Crippen LogP contribution in [0.5, 0.6) is 6.01 Å². The van der Waals surface area contributed by atoms with Gasteiger partial charge in [0.1, 0.15) is 0 Å². The van der Waals surface area contributed by atoms with Gasteiger partial charge in [-0.05, 0) is 51.9 Å². The maximum absolute atomic E-state index is 5.63. The molecule has 3 unspecified atom stereocenters. The van der Waals surface area contributed by atoms with Gasteiger partial charge in [-0.1, -0.05) is 6.42 Å². The third-order valence-corrected chi connectivity index (χ3v) is 4.34. The zero-order valence-corrected chi connectivity index (χ0v) is 13.1. The van der Waals surface area contributed by atoms with E-state index in [9.17, 15) is 0 Å². The van der Waals surface area contributed by atoms with Gasteiger partial charge in [0, 0.05) is 12.6 Å². The van der Waals surface area contributed by atoms with Crippen molar-refractivity contribution in [2.24, 2.45) is 11.8 Å². The summed E-state index contributed by atoms with van der Waals surface area (Å²) in [7, 11) is 0. The maximum atomic E-state index is 5.63. The van der Waals surface area contributed by atoms with Gasteiger partial charge in [-0.2, -0.15) is 15.0 Å². The molecule has 3 rings (SSSR count). The quantitative estimate of drug-likeness (QED) is 0.839. The van der Waals surface area contributed by atoms with E-state index in [0.29, 0.717) is 23.9 Å². The fourth-order valence-corrected chi connectivity index (χ4v) is 3.51. The molecular formula is C15H25N5O. The van der Waals surface area contributed by atoms with Gasteiger partial charge < -0.3 is 15.4 Å². The molecule has 0 radical (unpaired) electrons. The lowest BCUT2D eigenvalue weighted by Gasteiger charge is -2.23. The number of anilines is 2. The van der Waals surface area contributed by atoms with Gasteiger partial charge in [0.05, 0.1) is 6.10 Å². The average molecular weight is 291 g/mol. The highest BCUT2D eigenvalue weighted by Crippen LogP contribution is 2.45. The van der Waals surface area contributed by atoms with Crippen molar-refractivity contribution in [2.45, 2.75) is 58.6 Å². The number of nitrogens with zero attached hydrogens (tertiary/aromatic N) is 3. The molecule has 2 saturated carbocycles. The van der Waals surface area contributed by atoms with E-state index in [1.54, 1.807) is 0 Å². The van der Waals surface area contributed by atoms with Crippen LogP contribution in [-0.4, -0.2) is 33.6 Å². The fraction of sp³-hybridized carbons (Fsp3) is 0.800. The molecule has 0 spiro atoms. The standard InChI is InChI=1S/C15H25N5O/c1-4-16-13-18-14(20-15(19-13)21-9(2)3)17-12-8-10-5-6-11(12)7-10/h9-12H,4-8H2,1-3H3,(H2,16,17,18,19,20). The summed E-state index contributed by atoms with van der Waals surface area (Å²) in [6.45, 7) is 6.74. The first-order valence-electron chi connectivity index (χ1n) is 8.07. The number of nitrogens with one attached hydrogen (secondary N) is 2. The Morgan fingerprint density at radius 2 is 1.95 bits per heavy atom. The second-order valence-electron chi connectivity index (χ2n) is 6.39. The van der Waals surface area contributed by atoms with E-state index in [1.165, 1.54) is 25.7 Å². The van der Waals surface area contributed by atoms with Gasteiger partial charge in [0.2, 0.25) is 11.9 Å². The van der Waals surface area contributed by atoms with E-state index < -0.39 is 0 Å². The lowest BCUT2D eigenvalue weighted by molar-refractivity contribution is 0.222. The van der Waals surface area contributed by atoms with Crippen LogP contribution >= 0.6 is 0 Å². The predicted octanol–water partition coefficient (Wildman–Crippen LogP) is 2.69. The first-order valence-corrected chi connectivity index (χ1v) is 8.07. The first-order chi connectivity index (χ1) is 10.1. The minimum atomic E-state index is 0.0530. The van der Waals surface area contributed by atoms with Gasteiger partial charge >= 0.3 is 6.01 Å². The normalized spacial score (nSPS) is 27.1. The summed E-state index contributed by atoms with van der Waals surface area (Å²) in [6, 6.07) is 0.897. The summed E-state index contributed by atoms with van der Waals surface area (Å²) >= 11 is 0. The van der Waals surface area contributed by atoms with Crippen LogP contribution in [0.15, 0.2) is 0 Å². The Labute approximate surface area is 126 Å². The highest BCUT2D eigenvalue weighted by molar-refractivity contribution is 5.37. The second-order valence-corrected chi connectivity index (χ2v) is 6.39. The zero-order valence-electron chi connectivity index (χ0n) is 13.1. The Bertz CT molecular complexity index is 493. The van der Waals surface area contributed by atoms with Crippen LogP contribution in [0.2, 0.25) is 0 Å². The van der Waals surface area contributed by atoms with Crippen LogP contribution in [0.3, 0.4) is 0 Å². The predicted molar refractivity (Wildman–Crippen MR) is 82.6 cm³/mol. The molecule has 2 bridgehead atoms. The average Bonchev–Trinajstić information content (AvgIpc) is 3.00. The minimum absolute atomic E-state index is 0.0530.